The average molecular weight is 609 g/mol. The van der Waals surface area contributed by atoms with Crippen molar-refractivity contribution in [3.63, 3.8) is 0 Å². The zero-order valence-electron chi connectivity index (χ0n) is 24.2. The van der Waals surface area contributed by atoms with E-state index in [0.29, 0.717) is 24.3 Å². The van der Waals surface area contributed by atoms with E-state index in [-0.39, 0.29) is 6.61 Å². The van der Waals surface area contributed by atoms with Crippen LogP contribution in [0.2, 0.25) is 0 Å². The number of hydrogen-bond donors (Lipinski definition) is 8. The second-order valence-electron chi connectivity index (χ2n) is 11.3. The Morgan fingerprint density at radius 3 is 1.88 bits per heavy atom. The molecule has 0 spiro atoms. The van der Waals surface area contributed by atoms with Crippen LogP contribution in [0.15, 0.2) is 18.2 Å². The Balaban J connectivity index is 1.46. The van der Waals surface area contributed by atoms with Gasteiger partial charge in [-0.25, -0.2) is 0 Å². The van der Waals surface area contributed by atoms with Crippen LogP contribution in [0, 0.1) is 13.8 Å². The van der Waals surface area contributed by atoms with Gasteiger partial charge in [-0.1, -0.05) is 6.07 Å². The van der Waals surface area contributed by atoms with Crippen LogP contribution in [0.5, 0.6) is 11.5 Å². The lowest BCUT2D eigenvalue weighted by atomic mass is 9.79. The van der Waals surface area contributed by atoms with Gasteiger partial charge >= 0.3 is 0 Å². The smallest absolute Gasteiger partial charge is 0.229 e. The number of aliphatic hydroxyl groups is 8. The Morgan fingerprint density at radius 1 is 0.721 bits per heavy atom. The van der Waals surface area contributed by atoms with Crippen LogP contribution in [0.4, 0.5) is 0 Å². The molecule has 0 amide bonds. The third-order valence-electron chi connectivity index (χ3n) is 8.76. The van der Waals surface area contributed by atoms with Crippen molar-refractivity contribution in [1.82, 2.24) is 0 Å². The second-order valence-corrected chi connectivity index (χ2v) is 11.3. The summed E-state index contributed by atoms with van der Waals surface area (Å²) in [6, 6.07) is 5.41. The second kappa shape index (κ2) is 12.9. The first-order chi connectivity index (χ1) is 20.5. The molecule has 0 unspecified atom stereocenters. The summed E-state index contributed by atoms with van der Waals surface area (Å²) in [4.78, 5) is 0. The molecule has 43 heavy (non-hydrogen) atoms. The van der Waals surface area contributed by atoms with Crippen LogP contribution in [0.1, 0.15) is 27.8 Å². The van der Waals surface area contributed by atoms with E-state index >= 15 is 0 Å². The molecule has 2 aliphatic heterocycles. The molecular weight excluding hydrogens is 568 g/mol. The van der Waals surface area contributed by atoms with Gasteiger partial charge in [0.15, 0.2) is 6.29 Å². The third-order valence-corrected chi connectivity index (χ3v) is 8.76. The number of ether oxygens (including phenoxy) is 5. The van der Waals surface area contributed by atoms with Crippen molar-refractivity contribution >= 4 is 0 Å². The monoisotopic (exact) mass is 608 g/mol. The standard InChI is InChI=1S/C30H40O13/c1-12-15-4-5-16-13(2)19(39-3)8-14(11-40-29-27(37)25(35)23(33)20(9-31)42-29)22(16)17(15)6-7-18(12)41-30-28(38)26(36)24(34)21(10-32)43-30/h6-8,20-21,23-38H,4-5,9-11H2,1-3H3/t20-,21-,23-,24-,25+,26+,27-,28-,29-,30-/m1/s1. The number of rotatable bonds is 8. The molecule has 238 valence electrons. The molecule has 0 radical (unpaired) electrons. The minimum absolute atomic E-state index is 0.0523. The highest BCUT2D eigenvalue weighted by Crippen LogP contribution is 2.44. The topological polar surface area (TPSA) is 208 Å². The lowest BCUT2D eigenvalue weighted by molar-refractivity contribution is -0.304. The van der Waals surface area contributed by atoms with E-state index in [1.807, 2.05) is 26.0 Å². The normalized spacial score (nSPS) is 33.9. The molecule has 0 saturated carbocycles. The molecule has 0 bridgehead atoms. The van der Waals surface area contributed by atoms with E-state index in [2.05, 4.69) is 0 Å². The molecule has 13 heteroatoms. The van der Waals surface area contributed by atoms with Gasteiger partial charge < -0.3 is 64.5 Å². The van der Waals surface area contributed by atoms with Crippen LogP contribution in [0.25, 0.3) is 11.1 Å². The summed E-state index contributed by atoms with van der Waals surface area (Å²) >= 11 is 0. The van der Waals surface area contributed by atoms with Crippen LogP contribution in [-0.2, 0) is 33.7 Å². The minimum atomic E-state index is -1.57. The molecule has 2 saturated heterocycles. The first kappa shape index (κ1) is 32.0. The van der Waals surface area contributed by atoms with Crippen LogP contribution >= 0.6 is 0 Å². The van der Waals surface area contributed by atoms with Gasteiger partial charge in [0.1, 0.15) is 60.3 Å². The van der Waals surface area contributed by atoms with Crippen molar-refractivity contribution in [2.75, 3.05) is 20.3 Å². The Labute approximate surface area is 248 Å². The van der Waals surface area contributed by atoms with Crippen molar-refractivity contribution in [1.29, 1.82) is 0 Å². The molecular formula is C30H40O13. The Hall–Kier alpha value is -2.40. The number of methoxy groups -OCH3 is 1. The summed E-state index contributed by atoms with van der Waals surface area (Å²) in [5.41, 5.74) is 6.25. The Bertz CT molecular complexity index is 1300. The fourth-order valence-electron chi connectivity index (χ4n) is 6.18. The van der Waals surface area contributed by atoms with Gasteiger partial charge in [0.2, 0.25) is 6.29 Å². The molecule has 1 aliphatic carbocycles. The quantitative estimate of drug-likeness (QED) is 0.173. The van der Waals surface area contributed by atoms with E-state index in [4.69, 9.17) is 23.7 Å². The Kier molecular flexibility index (Phi) is 9.61. The van der Waals surface area contributed by atoms with Crippen molar-refractivity contribution in [2.45, 2.75) is 94.7 Å². The van der Waals surface area contributed by atoms with E-state index in [0.717, 1.165) is 38.9 Å². The summed E-state index contributed by atoms with van der Waals surface area (Å²) in [7, 11) is 1.57. The molecule has 5 rings (SSSR count). The van der Waals surface area contributed by atoms with E-state index < -0.39 is 74.6 Å². The maximum Gasteiger partial charge on any atom is 0.229 e. The predicted molar refractivity (Wildman–Crippen MR) is 148 cm³/mol. The van der Waals surface area contributed by atoms with Crippen LogP contribution in [-0.4, -0.2) is 123 Å². The molecule has 2 aromatic carbocycles. The average Bonchev–Trinajstić information content (AvgIpc) is 3.01. The van der Waals surface area contributed by atoms with Crippen molar-refractivity contribution in [2.24, 2.45) is 0 Å². The fourth-order valence-corrected chi connectivity index (χ4v) is 6.18. The molecule has 2 aromatic rings. The van der Waals surface area contributed by atoms with Gasteiger partial charge in [0.25, 0.3) is 0 Å². The molecule has 8 N–H and O–H groups in total. The fraction of sp³-hybridized carbons (Fsp3) is 0.600. The van der Waals surface area contributed by atoms with Gasteiger partial charge in [0.05, 0.1) is 26.9 Å². The highest BCUT2D eigenvalue weighted by atomic mass is 16.7. The maximum absolute atomic E-state index is 10.5. The largest absolute Gasteiger partial charge is 0.496 e. The summed E-state index contributed by atoms with van der Waals surface area (Å²) < 4.78 is 28.6. The number of fused-ring (bicyclic) bond motifs is 3. The van der Waals surface area contributed by atoms with Gasteiger partial charge in [-0.3, -0.25) is 0 Å². The predicted octanol–water partition coefficient (Wildman–Crippen LogP) is -1.43. The van der Waals surface area contributed by atoms with Gasteiger partial charge in [-0.05, 0) is 77.8 Å². The summed E-state index contributed by atoms with van der Waals surface area (Å²) in [5, 5.41) is 80.6. The van der Waals surface area contributed by atoms with Crippen molar-refractivity contribution < 1.29 is 64.5 Å². The number of aliphatic hydroxyl groups excluding tert-OH is 8. The highest BCUT2D eigenvalue weighted by molar-refractivity contribution is 5.80. The zero-order chi connectivity index (χ0) is 31.2. The first-order valence-electron chi connectivity index (χ1n) is 14.2. The zero-order valence-corrected chi connectivity index (χ0v) is 24.2. The molecule has 13 nitrogen and oxygen atoms in total. The maximum atomic E-state index is 10.5. The van der Waals surface area contributed by atoms with Crippen LogP contribution in [0.3, 0.4) is 0 Å². The highest BCUT2D eigenvalue weighted by Gasteiger charge is 2.46. The third kappa shape index (κ3) is 5.76. The van der Waals surface area contributed by atoms with Crippen molar-refractivity contribution in [3.8, 4) is 22.6 Å². The summed E-state index contributed by atoms with van der Waals surface area (Å²) in [5.74, 6) is 1.05. The molecule has 3 aliphatic rings. The van der Waals surface area contributed by atoms with E-state index in [9.17, 15) is 40.9 Å². The van der Waals surface area contributed by atoms with Crippen LogP contribution < -0.4 is 9.47 Å². The molecule has 10 atom stereocenters. The summed E-state index contributed by atoms with van der Waals surface area (Å²) in [6.45, 7) is 2.64. The summed E-state index contributed by atoms with van der Waals surface area (Å²) in [6.07, 6.45) is -12.7. The molecule has 0 aromatic heterocycles. The first-order valence-corrected chi connectivity index (χ1v) is 14.2. The lowest BCUT2D eigenvalue weighted by Crippen LogP contribution is -2.60. The lowest BCUT2D eigenvalue weighted by Gasteiger charge is -2.40. The van der Waals surface area contributed by atoms with Crippen molar-refractivity contribution in [3.05, 3.63) is 46.0 Å². The Morgan fingerprint density at radius 2 is 1.28 bits per heavy atom. The van der Waals surface area contributed by atoms with Gasteiger partial charge in [-0.15, -0.1) is 0 Å². The number of hydrogen-bond acceptors (Lipinski definition) is 13. The SMILES string of the molecule is COc1cc(CO[C@@H]2O[C@H](CO)[C@@H](O)[C@H](O)[C@H]2O)c2c(c1C)CCc1c-2ccc(O[C@@H]2O[C@H](CO)[C@@H](O)[C@H](O)[C@H]2O)c1C. The molecule has 2 fully saturated rings. The van der Waals surface area contributed by atoms with Gasteiger partial charge in [0, 0.05) is 0 Å². The van der Waals surface area contributed by atoms with E-state index in [1.165, 1.54) is 0 Å². The van der Waals surface area contributed by atoms with E-state index in [1.54, 1.807) is 13.2 Å². The minimum Gasteiger partial charge on any atom is -0.496 e. The van der Waals surface area contributed by atoms with Gasteiger partial charge in [-0.2, -0.15) is 0 Å². The number of benzene rings is 2. The molecule has 2 heterocycles.